The molecule has 0 radical (unpaired) electrons. The van der Waals surface area contributed by atoms with Gasteiger partial charge in [-0.3, -0.25) is 9.89 Å². The van der Waals surface area contributed by atoms with E-state index in [1.54, 1.807) is 0 Å². The number of carbonyl (C=O) groups excluding carboxylic acids is 1. The number of aromatic nitrogens is 2. The number of rotatable bonds is 5. The van der Waals surface area contributed by atoms with Gasteiger partial charge in [-0.1, -0.05) is 37.3 Å². The summed E-state index contributed by atoms with van der Waals surface area (Å²) in [7, 11) is 0. The molecular formula is C20H21N3O. The average molecular weight is 319 g/mol. The zero-order valence-electron chi connectivity index (χ0n) is 13.8. The van der Waals surface area contributed by atoms with Gasteiger partial charge in [-0.2, -0.15) is 5.10 Å². The molecule has 2 N–H and O–H groups in total. The molecule has 4 nitrogen and oxygen atoms in total. The molecule has 0 bridgehead atoms. The van der Waals surface area contributed by atoms with Gasteiger partial charge in [-0.25, -0.2) is 0 Å². The summed E-state index contributed by atoms with van der Waals surface area (Å²) in [4.78, 5) is 12.8. The Morgan fingerprint density at radius 2 is 2.04 bits per heavy atom. The van der Waals surface area contributed by atoms with Crippen LogP contribution in [0, 0.1) is 5.92 Å². The molecule has 1 unspecified atom stereocenters. The Morgan fingerprint density at radius 1 is 1.25 bits per heavy atom. The lowest BCUT2D eigenvalue weighted by Crippen LogP contribution is -2.29. The zero-order chi connectivity index (χ0) is 16.5. The number of fused-ring (bicyclic) bond motifs is 1. The molecular weight excluding hydrogens is 298 g/mol. The van der Waals surface area contributed by atoms with E-state index in [4.69, 9.17) is 0 Å². The summed E-state index contributed by atoms with van der Waals surface area (Å²) < 4.78 is 0. The van der Waals surface area contributed by atoms with Crippen LogP contribution in [-0.4, -0.2) is 16.1 Å². The van der Waals surface area contributed by atoms with Crippen molar-refractivity contribution in [3.05, 3.63) is 65.4 Å². The van der Waals surface area contributed by atoms with Crippen molar-refractivity contribution in [3.8, 4) is 0 Å². The van der Waals surface area contributed by atoms with Crippen molar-refractivity contribution >= 4 is 16.8 Å². The molecule has 0 spiro atoms. The van der Waals surface area contributed by atoms with Gasteiger partial charge in [0.05, 0.1) is 11.6 Å². The van der Waals surface area contributed by atoms with Crippen LogP contribution in [0.4, 0.5) is 0 Å². The topological polar surface area (TPSA) is 57.8 Å². The predicted molar refractivity (Wildman–Crippen MR) is 94.8 cm³/mol. The van der Waals surface area contributed by atoms with Gasteiger partial charge in [0.25, 0.3) is 5.91 Å². The number of hydrogen-bond acceptors (Lipinski definition) is 2. The van der Waals surface area contributed by atoms with Crippen LogP contribution >= 0.6 is 0 Å². The lowest BCUT2D eigenvalue weighted by Gasteiger charge is -2.19. The Kier molecular flexibility index (Phi) is 3.81. The minimum atomic E-state index is -0.0130. The van der Waals surface area contributed by atoms with Gasteiger partial charge in [0, 0.05) is 16.6 Å². The first kappa shape index (κ1) is 14.9. The highest BCUT2D eigenvalue weighted by Gasteiger charge is 2.33. The Bertz CT molecular complexity index is 865. The Labute approximate surface area is 141 Å². The molecule has 1 fully saturated rings. The largest absolute Gasteiger partial charge is 0.345 e. The van der Waals surface area contributed by atoms with Crippen molar-refractivity contribution in [2.45, 2.75) is 32.2 Å². The molecule has 1 aliphatic rings. The SMILES string of the molecule is CCc1[nH]nc2ccc(C(=O)NC(c3ccccc3)C3CC3)cc12. The number of benzene rings is 2. The number of aryl methyl sites for hydroxylation is 1. The van der Waals surface area contributed by atoms with E-state index in [2.05, 4.69) is 34.6 Å². The average Bonchev–Trinajstić information content (AvgIpc) is 3.38. The van der Waals surface area contributed by atoms with E-state index in [1.165, 1.54) is 18.4 Å². The van der Waals surface area contributed by atoms with Crippen molar-refractivity contribution in [2.75, 3.05) is 0 Å². The van der Waals surface area contributed by atoms with E-state index in [-0.39, 0.29) is 11.9 Å². The minimum Gasteiger partial charge on any atom is -0.345 e. The van der Waals surface area contributed by atoms with Crippen LogP contribution in [0.3, 0.4) is 0 Å². The molecule has 0 aliphatic heterocycles. The fourth-order valence-corrected chi connectivity index (χ4v) is 3.26. The summed E-state index contributed by atoms with van der Waals surface area (Å²) in [5.74, 6) is 0.543. The van der Waals surface area contributed by atoms with Crippen molar-refractivity contribution < 1.29 is 4.79 Å². The maximum absolute atomic E-state index is 12.8. The predicted octanol–water partition coefficient (Wildman–Crippen LogP) is 4.01. The fraction of sp³-hybridized carbons (Fsp3) is 0.300. The number of nitrogens with one attached hydrogen (secondary N) is 2. The van der Waals surface area contributed by atoms with Crippen LogP contribution in [0.5, 0.6) is 0 Å². The molecule has 4 rings (SSSR count). The number of amides is 1. The first-order valence-electron chi connectivity index (χ1n) is 8.59. The van der Waals surface area contributed by atoms with Crippen LogP contribution in [-0.2, 0) is 6.42 Å². The molecule has 1 amide bonds. The zero-order valence-corrected chi connectivity index (χ0v) is 13.8. The molecule has 24 heavy (non-hydrogen) atoms. The fourth-order valence-electron chi connectivity index (χ4n) is 3.26. The normalized spacial score (nSPS) is 15.4. The van der Waals surface area contributed by atoms with E-state index < -0.39 is 0 Å². The van der Waals surface area contributed by atoms with Crippen LogP contribution < -0.4 is 5.32 Å². The van der Waals surface area contributed by atoms with Crippen molar-refractivity contribution in [1.82, 2.24) is 15.5 Å². The second kappa shape index (κ2) is 6.11. The van der Waals surface area contributed by atoms with E-state index in [0.717, 1.165) is 23.0 Å². The van der Waals surface area contributed by atoms with E-state index in [0.29, 0.717) is 11.5 Å². The van der Waals surface area contributed by atoms with E-state index in [1.807, 2.05) is 36.4 Å². The van der Waals surface area contributed by atoms with Gasteiger partial charge in [-0.15, -0.1) is 0 Å². The molecule has 3 aromatic rings. The van der Waals surface area contributed by atoms with Gasteiger partial charge in [0.2, 0.25) is 0 Å². The second-order valence-corrected chi connectivity index (χ2v) is 6.49. The van der Waals surface area contributed by atoms with Crippen LogP contribution in [0.25, 0.3) is 10.9 Å². The highest BCUT2D eigenvalue weighted by Crippen LogP contribution is 2.41. The summed E-state index contributed by atoms with van der Waals surface area (Å²) in [5, 5.41) is 11.6. The summed E-state index contributed by atoms with van der Waals surface area (Å²) in [6.07, 6.45) is 3.23. The number of nitrogens with zero attached hydrogens (tertiary/aromatic N) is 1. The maximum Gasteiger partial charge on any atom is 0.251 e. The van der Waals surface area contributed by atoms with Gasteiger partial charge < -0.3 is 5.32 Å². The van der Waals surface area contributed by atoms with Gasteiger partial charge in [0.1, 0.15) is 0 Å². The third-order valence-electron chi connectivity index (χ3n) is 4.79. The number of carbonyl (C=O) groups is 1. The van der Waals surface area contributed by atoms with Gasteiger partial charge in [-0.05, 0) is 48.9 Å². The standard InChI is InChI=1S/C20H21N3O/c1-2-17-16-12-15(10-11-18(16)23-22-17)20(24)21-19(14-8-9-14)13-6-4-3-5-7-13/h3-7,10-12,14,19H,2,8-9H2,1H3,(H,21,24)(H,22,23). The Morgan fingerprint density at radius 3 is 2.75 bits per heavy atom. The van der Waals surface area contributed by atoms with Crippen molar-refractivity contribution in [1.29, 1.82) is 0 Å². The quantitative estimate of drug-likeness (QED) is 0.746. The molecule has 2 aromatic carbocycles. The summed E-state index contributed by atoms with van der Waals surface area (Å²) in [6.45, 7) is 2.08. The number of H-pyrrole nitrogens is 1. The lowest BCUT2D eigenvalue weighted by atomic mass is 10.0. The molecule has 1 atom stereocenters. The lowest BCUT2D eigenvalue weighted by molar-refractivity contribution is 0.0932. The summed E-state index contributed by atoms with van der Waals surface area (Å²) >= 11 is 0. The number of hydrogen-bond donors (Lipinski definition) is 2. The van der Waals surface area contributed by atoms with Gasteiger partial charge in [0.15, 0.2) is 0 Å². The third-order valence-corrected chi connectivity index (χ3v) is 4.79. The smallest absolute Gasteiger partial charge is 0.251 e. The van der Waals surface area contributed by atoms with E-state index in [9.17, 15) is 4.79 Å². The molecule has 4 heteroatoms. The molecule has 1 aliphatic carbocycles. The Balaban J connectivity index is 1.61. The number of aromatic amines is 1. The summed E-state index contributed by atoms with van der Waals surface area (Å²) in [6, 6.07) is 16.1. The molecule has 0 saturated heterocycles. The van der Waals surface area contributed by atoms with Crippen LogP contribution in [0.1, 0.15) is 47.4 Å². The highest BCUT2D eigenvalue weighted by molar-refractivity contribution is 5.98. The highest BCUT2D eigenvalue weighted by atomic mass is 16.1. The molecule has 1 heterocycles. The minimum absolute atomic E-state index is 0.0130. The van der Waals surface area contributed by atoms with Crippen LogP contribution in [0.2, 0.25) is 0 Å². The van der Waals surface area contributed by atoms with Crippen LogP contribution in [0.15, 0.2) is 48.5 Å². The second-order valence-electron chi connectivity index (χ2n) is 6.49. The first-order valence-corrected chi connectivity index (χ1v) is 8.59. The molecule has 122 valence electrons. The molecule has 1 aromatic heterocycles. The van der Waals surface area contributed by atoms with Crippen molar-refractivity contribution in [2.24, 2.45) is 5.92 Å². The Hall–Kier alpha value is -2.62. The summed E-state index contributed by atoms with van der Waals surface area (Å²) in [5.41, 5.74) is 3.86. The maximum atomic E-state index is 12.8. The van der Waals surface area contributed by atoms with Gasteiger partial charge >= 0.3 is 0 Å². The van der Waals surface area contributed by atoms with Crippen molar-refractivity contribution in [3.63, 3.8) is 0 Å². The third kappa shape index (κ3) is 2.80. The van der Waals surface area contributed by atoms with E-state index >= 15 is 0 Å². The monoisotopic (exact) mass is 319 g/mol. The molecule has 1 saturated carbocycles. The first-order chi connectivity index (χ1) is 11.8.